The van der Waals surface area contributed by atoms with E-state index >= 15 is 0 Å². The Balaban J connectivity index is 1.18. The maximum atomic E-state index is 13.4. The van der Waals surface area contributed by atoms with Crippen LogP contribution in [0.15, 0.2) is 64.7 Å². The molecule has 6 rings (SSSR count). The van der Waals surface area contributed by atoms with E-state index in [4.69, 9.17) is 9.72 Å². The van der Waals surface area contributed by atoms with Crippen molar-refractivity contribution in [2.24, 2.45) is 0 Å². The molecule has 0 N–H and O–H groups in total. The second-order valence-electron chi connectivity index (χ2n) is 9.05. The molecule has 2 aliphatic heterocycles. The summed E-state index contributed by atoms with van der Waals surface area (Å²) < 4.78 is 22.0. The van der Waals surface area contributed by atoms with Gasteiger partial charge in [0, 0.05) is 38.4 Å². The Morgan fingerprint density at radius 3 is 2.62 bits per heavy atom. The van der Waals surface area contributed by atoms with Crippen LogP contribution in [0.2, 0.25) is 0 Å². The number of amides is 1. The average Bonchev–Trinajstić information content (AvgIpc) is 3.54. The van der Waals surface area contributed by atoms with Crippen LogP contribution in [0.25, 0.3) is 16.7 Å². The minimum Gasteiger partial charge on any atom is -0.495 e. The van der Waals surface area contributed by atoms with E-state index in [0.29, 0.717) is 53.8 Å². The molecule has 37 heavy (non-hydrogen) atoms. The lowest BCUT2D eigenvalue weighted by Gasteiger charge is -2.37. The highest BCUT2D eigenvalue weighted by Crippen LogP contribution is 2.34. The number of nitrogens with zero attached hydrogens (tertiary/aromatic N) is 6. The Morgan fingerprint density at radius 1 is 1.11 bits per heavy atom. The van der Waals surface area contributed by atoms with Crippen molar-refractivity contribution < 1.29 is 13.9 Å². The predicted octanol–water partition coefficient (Wildman–Crippen LogP) is 3.12. The highest BCUT2D eigenvalue weighted by atomic mass is 32.2. The summed E-state index contributed by atoms with van der Waals surface area (Å²) in [7, 11) is 1.66. The summed E-state index contributed by atoms with van der Waals surface area (Å²) in [5.74, 6) is 1.11. The number of ether oxygens (including phenoxy) is 1. The Kier molecular flexibility index (Phi) is 6.07. The van der Waals surface area contributed by atoms with Crippen molar-refractivity contribution in [1.29, 1.82) is 0 Å². The lowest BCUT2D eigenvalue weighted by atomic mass is 10.1. The summed E-state index contributed by atoms with van der Waals surface area (Å²) >= 11 is 1.46. The van der Waals surface area contributed by atoms with Gasteiger partial charge >= 0.3 is 0 Å². The van der Waals surface area contributed by atoms with Crippen LogP contribution in [0.5, 0.6) is 5.75 Å². The van der Waals surface area contributed by atoms with Crippen LogP contribution >= 0.6 is 11.8 Å². The van der Waals surface area contributed by atoms with E-state index in [2.05, 4.69) is 10.00 Å². The summed E-state index contributed by atoms with van der Waals surface area (Å²) in [5.41, 5.74) is 1.86. The van der Waals surface area contributed by atoms with Gasteiger partial charge in [0.2, 0.25) is 5.91 Å². The number of benzene rings is 2. The zero-order chi connectivity index (χ0) is 25.5. The number of thioether (sulfide) groups is 1. The van der Waals surface area contributed by atoms with Gasteiger partial charge in [0.25, 0.3) is 5.56 Å². The summed E-state index contributed by atoms with van der Waals surface area (Å²) in [6, 6.07) is 13.5. The highest BCUT2D eigenvalue weighted by molar-refractivity contribution is 7.99. The molecular formula is C26H25FN6O3S. The number of hydrogen-bond donors (Lipinski definition) is 0. The molecule has 0 radical (unpaired) electrons. The highest BCUT2D eigenvalue weighted by Gasteiger charge is 2.32. The molecule has 0 saturated carbocycles. The third-order valence-corrected chi connectivity index (χ3v) is 8.01. The molecule has 9 nitrogen and oxygen atoms in total. The van der Waals surface area contributed by atoms with Gasteiger partial charge in [-0.3, -0.25) is 14.2 Å². The van der Waals surface area contributed by atoms with Crippen LogP contribution in [0, 0.1) is 5.82 Å². The number of piperazine rings is 1. The van der Waals surface area contributed by atoms with Gasteiger partial charge in [0.05, 0.1) is 30.7 Å². The first kappa shape index (κ1) is 23.5. The molecule has 0 aliphatic carbocycles. The molecule has 1 unspecified atom stereocenters. The predicted molar refractivity (Wildman–Crippen MR) is 139 cm³/mol. The minimum atomic E-state index is -0.349. The lowest BCUT2D eigenvalue weighted by molar-refractivity contribution is -0.132. The van der Waals surface area contributed by atoms with E-state index in [1.807, 2.05) is 29.2 Å². The third-order valence-electron chi connectivity index (χ3n) is 6.91. The van der Waals surface area contributed by atoms with Crippen molar-refractivity contribution in [3.63, 3.8) is 0 Å². The van der Waals surface area contributed by atoms with Crippen molar-refractivity contribution >= 4 is 34.4 Å². The van der Waals surface area contributed by atoms with E-state index in [1.165, 1.54) is 34.8 Å². The molecule has 2 aromatic carbocycles. The SMILES string of the molecule is COc1ccccc1N1CCN(C(=O)CC2CSc3nc4c(cnn4-c4ccc(F)cc4)c(=O)n32)CC1. The fraction of sp³-hybridized carbons (Fsp3) is 0.308. The van der Waals surface area contributed by atoms with Crippen LogP contribution in [-0.2, 0) is 4.79 Å². The van der Waals surface area contributed by atoms with Gasteiger partial charge in [0.1, 0.15) is 17.0 Å². The zero-order valence-corrected chi connectivity index (χ0v) is 21.0. The lowest BCUT2D eigenvalue weighted by Crippen LogP contribution is -2.49. The van der Waals surface area contributed by atoms with Crippen molar-refractivity contribution in [2.45, 2.75) is 17.6 Å². The molecule has 190 valence electrons. The topological polar surface area (TPSA) is 85.5 Å². The molecular weight excluding hydrogens is 495 g/mol. The van der Waals surface area contributed by atoms with Crippen LogP contribution < -0.4 is 15.2 Å². The van der Waals surface area contributed by atoms with Gasteiger partial charge in [0.15, 0.2) is 10.8 Å². The smallest absolute Gasteiger partial charge is 0.265 e. The number of carbonyl (C=O) groups is 1. The van der Waals surface area contributed by atoms with Gasteiger partial charge in [-0.25, -0.2) is 14.1 Å². The second kappa shape index (κ2) is 9.55. The van der Waals surface area contributed by atoms with E-state index in [0.717, 1.165) is 11.4 Å². The van der Waals surface area contributed by atoms with E-state index in [9.17, 15) is 14.0 Å². The van der Waals surface area contributed by atoms with Gasteiger partial charge in [-0.15, -0.1) is 0 Å². The molecule has 0 bridgehead atoms. The molecule has 4 aromatic rings. The number of methoxy groups -OCH3 is 1. The Morgan fingerprint density at radius 2 is 1.86 bits per heavy atom. The van der Waals surface area contributed by atoms with Crippen molar-refractivity contribution in [2.75, 3.05) is 43.9 Å². The van der Waals surface area contributed by atoms with Crippen LogP contribution in [0.4, 0.5) is 10.1 Å². The number of anilines is 1. The summed E-state index contributed by atoms with van der Waals surface area (Å²) in [4.78, 5) is 35.4. The number of carbonyl (C=O) groups excluding carboxylic acids is 1. The molecule has 1 saturated heterocycles. The Labute approximate surface area is 216 Å². The molecule has 1 amide bonds. The molecule has 11 heteroatoms. The number of rotatable bonds is 5. The first-order chi connectivity index (χ1) is 18.0. The third kappa shape index (κ3) is 4.22. The average molecular weight is 521 g/mol. The van der Waals surface area contributed by atoms with Crippen molar-refractivity contribution in [1.82, 2.24) is 24.2 Å². The number of fused-ring (bicyclic) bond motifs is 2. The summed E-state index contributed by atoms with van der Waals surface area (Å²) in [6.07, 6.45) is 1.73. The van der Waals surface area contributed by atoms with Crippen LogP contribution in [0.3, 0.4) is 0 Å². The van der Waals surface area contributed by atoms with Gasteiger partial charge in [-0.05, 0) is 36.4 Å². The van der Waals surface area contributed by atoms with E-state index in [-0.39, 0.29) is 29.7 Å². The molecule has 2 aromatic heterocycles. The zero-order valence-electron chi connectivity index (χ0n) is 20.2. The maximum Gasteiger partial charge on any atom is 0.265 e. The normalized spacial score (nSPS) is 17.3. The van der Waals surface area contributed by atoms with Gasteiger partial charge < -0.3 is 14.5 Å². The Bertz CT molecular complexity index is 1530. The number of hydrogen-bond acceptors (Lipinski definition) is 7. The molecule has 1 fully saturated rings. The fourth-order valence-electron chi connectivity index (χ4n) is 4.97. The standard InChI is InChI=1S/C26H25FN6O3S/c1-36-22-5-3-2-4-21(22)30-10-12-31(13-11-30)23(34)14-19-16-37-26-29-24-20(25(35)32(19)26)15-28-33(24)18-8-6-17(27)7-9-18/h2-9,15,19H,10-14,16H2,1H3. The molecule has 1 atom stereocenters. The first-order valence-electron chi connectivity index (χ1n) is 12.1. The number of aromatic nitrogens is 4. The first-order valence-corrected chi connectivity index (χ1v) is 13.1. The van der Waals surface area contributed by atoms with Gasteiger partial charge in [-0.2, -0.15) is 5.10 Å². The van der Waals surface area contributed by atoms with E-state index < -0.39 is 0 Å². The fourth-order valence-corrected chi connectivity index (χ4v) is 6.10. The second-order valence-corrected chi connectivity index (χ2v) is 10.0. The van der Waals surface area contributed by atoms with Gasteiger partial charge in [-0.1, -0.05) is 23.9 Å². The molecule has 2 aliphatic rings. The monoisotopic (exact) mass is 520 g/mol. The van der Waals surface area contributed by atoms with Crippen LogP contribution in [0.1, 0.15) is 12.5 Å². The number of halogens is 1. The number of para-hydroxylation sites is 2. The Hall–Kier alpha value is -3.86. The van der Waals surface area contributed by atoms with Crippen LogP contribution in [-0.4, -0.2) is 69.2 Å². The van der Waals surface area contributed by atoms with E-state index in [1.54, 1.807) is 23.8 Å². The minimum absolute atomic E-state index is 0.0344. The molecule has 4 heterocycles. The maximum absolute atomic E-state index is 13.4. The summed E-state index contributed by atoms with van der Waals surface area (Å²) in [5, 5.41) is 5.26. The van der Waals surface area contributed by atoms with Crippen molar-refractivity contribution in [3.05, 3.63) is 70.9 Å². The quantitative estimate of drug-likeness (QED) is 0.374. The van der Waals surface area contributed by atoms with Crippen molar-refractivity contribution in [3.8, 4) is 11.4 Å². The largest absolute Gasteiger partial charge is 0.495 e. The molecule has 0 spiro atoms. The summed E-state index contributed by atoms with van der Waals surface area (Å²) in [6.45, 7) is 2.65.